The molecule has 82 valence electrons. The fraction of sp³-hybridized carbons (Fsp3) is 0.100. The molecule has 1 heterocycles. The summed E-state index contributed by atoms with van der Waals surface area (Å²) in [6.07, 6.45) is 1.45. The van der Waals surface area contributed by atoms with Crippen LogP contribution in [0.15, 0.2) is 30.5 Å². The van der Waals surface area contributed by atoms with Crippen molar-refractivity contribution in [3.05, 3.63) is 40.9 Å². The maximum absolute atomic E-state index is 11.7. The smallest absolute Gasteiger partial charge is 0.269 e. The van der Waals surface area contributed by atoms with Crippen molar-refractivity contribution >= 4 is 39.1 Å². The average molecular weight is 298 g/mol. The summed E-state index contributed by atoms with van der Waals surface area (Å²) in [5.41, 5.74) is 1.88. The molecule has 0 saturated heterocycles. The zero-order chi connectivity index (χ0) is 11.4. The van der Waals surface area contributed by atoms with Crippen LogP contribution in [0.25, 0.3) is 0 Å². The topological polar surface area (TPSA) is 54.9 Å². The van der Waals surface area contributed by atoms with Crippen LogP contribution in [-0.2, 0) is 5.33 Å². The second-order valence-electron chi connectivity index (χ2n) is 3.07. The summed E-state index contributed by atoms with van der Waals surface area (Å²) in [7, 11) is 0. The SMILES string of the molecule is O=C(Nc1cccc(CBr)c1)c1cnns1. The van der Waals surface area contributed by atoms with Gasteiger partial charge in [-0.1, -0.05) is 32.6 Å². The minimum atomic E-state index is -0.179. The lowest BCUT2D eigenvalue weighted by molar-refractivity contribution is 0.103. The van der Waals surface area contributed by atoms with Gasteiger partial charge in [-0.15, -0.1) is 5.10 Å². The van der Waals surface area contributed by atoms with E-state index in [0.29, 0.717) is 4.88 Å². The fourth-order valence-corrected chi connectivity index (χ4v) is 1.95. The Balaban J connectivity index is 2.12. The molecule has 4 nitrogen and oxygen atoms in total. The predicted octanol–water partition coefficient (Wildman–Crippen LogP) is 2.69. The molecular formula is C10H8BrN3OS. The minimum Gasteiger partial charge on any atom is -0.321 e. The van der Waals surface area contributed by atoms with E-state index in [-0.39, 0.29) is 5.91 Å². The van der Waals surface area contributed by atoms with E-state index in [4.69, 9.17) is 0 Å². The summed E-state index contributed by atoms with van der Waals surface area (Å²) in [5.74, 6) is -0.179. The van der Waals surface area contributed by atoms with E-state index in [1.54, 1.807) is 0 Å². The van der Waals surface area contributed by atoms with Crippen LogP contribution >= 0.6 is 27.5 Å². The minimum absolute atomic E-state index is 0.179. The predicted molar refractivity (Wildman–Crippen MR) is 66.9 cm³/mol. The van der Waals surface area contributed by atoms with Crippen molar-refractivity contribution < 1.29 is 4.79 Å². The summed E-state index contributed by atoms with van der Waals surface area (Å²) in [4.78, 5) is 12.2. The highest BCUT2D eigenvalue weighted by Gasteiger charge is 2.08. The molecule has 0 radical (unpaired) electrons. The molecule has 0 aliphatic rings. The largest absolute Gasteiger partial charge is 0.321 e. The highest BCUT2D eigenvalue weighted by molar-refractivity contribution is 9.08. The lowest BCUT2D eigenvalue weighted by atomic mass is 10.2. The monoisotopic (exact) mass is 297 g/mol. The second-order valence-corrected chi connectivity index (χ2v) is 4.42. The van der Waals surface area contributed by atoms with Gasteiger partial charge in [-0.2, -0.15) is 0 Å². The number of carbonyl (C=O) groups is 1. The zero-order valence-electron chi connectivity index (χ0n) is 8.18. The summed E-state index contributed by atoms with van der Waals surface area (Å²) in [5, 5.41) is 7.17. The van der Waals surface area contributed by atoms with Crippen molar-refractivity contribution in [2.45, 2.75) is 5.33 Å². The molecule has 2 aromatic rings. The number of nitrogens with zero attached hydrogens (tertiary/aromatic N) is 2. The Morgan fingerprint density at radius 3 is 3.06 bits per heavy atom. The Labute approximate surface area is 105 Å². The summed E-state index contributed by atoms with van der Waals surface area (Å²) in [6, 6.07) is 7.65. The molecule has 0 spiro atoms. The van der Waals surface area contributed by atoms with Crippen LogP contribution in [0.1, 0.15) is 15.2 Å². The lowest BCUT2D eigenvalue weighted by Gasteiger charge is -2.04. The van der Waals surface area contributed by atoms with E-state index in [9.17, 15) is 4.79 Å². The number of nitrogens with one attached hydrogen (secondary N) is 1. The number of halogens is 1. The number of amides is 1. The first-order valence-corrected chi connectivity index (χ1v) is 6.42. The third-order valence-corrected chi connectivity index (χ3v) is 3.24. The zero-order valence-corrected chi connectivity index (χ0v) is 10.6. The van der Waals surface area contributed by atoms with Crippen LogP contribution in [0.5, 0.6) is 0 Å². The van der Waals surface area contributed by atoms with Crippen molar-refractivity contribution in [2.24, 2.45) is 0 Å². The van der Waals surface area contributed by atoms with Crippen LogP contribution in [0.4, 0.5) is 5.69 Å². The van der Waals surface area contributed by atoms with Crippen molar-refractivity contribution in [1.82, 2.24) is 9.59 Å². The standard InChI is InChI=1S/C10H8BrN3OS/c11-5-7-2-1-3-8(4-7)13-10(15)9-6-12-14-16-9/h1-4,6H,5H2,(H,13,15). The molecule has 0 fully saturated rings. The first-order valence-electron chi connectivity index (χ1n) is 4.53. The van der Waals surface area contributed by atoms with Crippen molar-refractivity contribution in [2.75, 3.05) is 5.32 Å². The number of benzene rings is 1. The first kappa shape index (κ1) is 11.2. The van der Waals surface area contributed by atoms with Crippen LogP contribution in [0.3, 0.4) is 0 Å². The van der Waals surface area contributed by atoms with Crippen molar-refractivity contribution in [3.63, 3.8) is 0 Å². The van der Waals surface area contributed by atoms with Gasteiger partial charge in [0.1, 0.15) is 4.88 Å². The third kappa shape index (κ3) is 2.65. The van der Waals surface area contributed by atoms with Gasteiger partial charge in [-0.3, -0.25) is 4.79 Å². The Morgan fingerprint density at radius 2 is 2.38 bits per heavy atom. The molecule has 2 rings (SSSR count). The molecule has 0 aliphatic heterocycles. The van der Waals surface area contributed by atoms with Crippen molar-refractivity contribution in [3.8, 4) is 0 Å². The lowest BCUT2D eigenvalue weighted by Crippen LogP contribution is -2.10. The van der Waals surface area contributed by atoms with Crippen LogP contribution in [-0.4, -0.2) is 15.5 Å². The number of anilines is 1. The van der Waals surface area contributed by atoms with Gasteiger partial charge in [-0.05, 0) is 29.2 Å². The fourth-order valence-electron chi connectivity index (χ4n) is 1.19. The molecule has 0 saturated carbocycles. The van der Waals surface area contributed by atoms with Gasteiger partial charge in [0, 0.05) is 11.0 Å². The normalized spacial score (nSPS) is 10.1. The molecule has 0 unspecified atom stereocenters. The van der Waals surface area contributed by atoms with E-state index in [1.165, 1.54) is 6.20 Å². The van der Waals surface area contributed by atoms with Gasteiger partial charge in [-0.25, -0.2) is 0 Å². The Bertz CT molecular complexity index is 487. The van der Waals surface area contributed by atoms with Crippen LogP contribution in [0.2, 0.25) is 0 Å². The van der Waals surface area contributed by atoms with E-state index in [1.807, 2.05) is 24.3 Å². The van der Waals surface area contributed by atoms with Gasteiger partial charge in [0.15, 0.2) is 0 Å². The van der Waals surface area contributed by atoms with Crippen LogP contribution < -0.4 is 5.32 Å². The van der Waals surface area contributed by atoms with Gasteiger partial charge in [0.05, 0.1) is 6.20 Å². The quantitative estimate of drug-likeness (QED) is 0.886. The first-order chi connectivity index (χ1) is 7.79. The number of alkyl halides is 1. The highest BCUT2D eigenvalue weighted by Crippen LogP contribution is 2.14. The Kier molecular flexibility index (Phi) is 3.63. The molecule has 0 atom stereocenters. The van der Waals surface area contributed by atoms with E-state index < -0.39 is 0 Å². The average Bonchev–Trinajstić information content (AvgIpc) is 2.83. The molecule has 6 heteroatoms. The van der Waals surface area contributed by atoms with Gasteiger partial charge in [0.2, 0.25) is 0 Å². The van der Waals surface area contributed by atoms with E-state index in [0.717, 1.165) is 28.1 Å². The molecular weight excluding hydrogens is 290 g/mol. The number of rotatable bonds is 3. The molecule has 0 aliphatic carbocycles. The molecule has 1 amide bonds. The number of hydrogen-bond acceptors (Lipinski definition) is 4. The number of hydrogen-bond donors (Lipinski definition) is 1. The van der Waals surface area contributed by atoms with Crippen LogP contribution in [0, 0.1) is 0 Å². The molecule has 16 heavy (non-hydrogen) atoms. The summed E-state index contributed by atoms with van der Waals surface area (Å²) in [6.45, 7) is 0. The summed E-state index contributed by atoms with van der Waals surface area (Å²) < 4.78 is 3.64. The van der Waals surface area contributed by atoms with E-state index >= 15 is 0 Å². The highest BCUT2D eigenvalue weighted by atomic mass is 79.9. The van der Waals surface area contributed by atoms with Crippen molar-refractivity contribution in [1.29, 1.82) is 0 Å². The van der Waals surface area contributed by atoms with E-state index in [2.05, 4.69) is 30.8 Å². The molecule has 1 aromatic heterocycles. The number of aromatic nitrogens is 2. The van der Waals surface area contributed by atoms with Gasteiger partial charge in [0.25, 0.3) is 5.91 Å². The maximum Gasteiger partial charge on any atom is 0.269 e. The molecule has 1 aromatic carbocycles. The number of carbonyl (C=O) groups excluding carboxylic acids is 1. The molecule has 0 bridgehead atoms. The summed E-state index contributed by atoms with van der Waals surface area (Å²) >= 11 is 4.44. The Hall–Kier alpha value is -1.27. The maximum atomic E-state index is 11.7. The second kappa shape index (κ2) is 5.18. The third-order valence-electron chi connectivity index (χ3n) is 1.92. The van der Waals surface area contributed by atoms with Gasteiger partial charge < -0.3 is 5.32 Å². The Morgan fingerprint density at radius 1 is 1.50 bits per heavy atom. The molecule has 1 N–H and O–H groups in total. The van der Waals surface area contributed by atoms with Gasteiger partial charge >= 0.3 is 0 Å².